The fourth-order valence-corrected chi connectivity index (χ4v) is 1.56. The van der Waals surface area contributed by atoms with Gasteiger partial charge in [0, 0.05) is 24.9 Å². The Kier molecular flexibility index (Phi) is 3.75. The van der Waals surface area contributed by atoms with Crippen LogP contribution in [0.25, 0.3) is 0 Å². The smallest absolute Gasteiger partial charge is 0.242 e. The second kappa shape index (κ2) is 4.64. The maximum absolute atomic E-state index is 11.7. The summed E-state index contributed by atoms with van der Waals surface area (Å²) in [6.07, 6.45) is 0. The van der Waals surface area contributed by atoms with E-state index in [4.69, 9.17) is 11.6 Å². The first-order chi connectivity index (χ1) is 6.57. The third kappa shape index (κ3) is 2.18. The van der Waals surface area contributed by atoms with Crippen LogP contribution in [-0.2, 0) is 9.59 Å². The Morgan fingerprint density at radius 1 is 1.79 bits per heavy atom. The normalized spacial score (nSPS) is 24.4. The van der Waals surface area contributed by atoms with Gasteiger partial charge in [-0.2, -0.15) is 0 Å². The summed E-state index contributed by atoms with van der Waals surface area (Å²) in [5.74, 6) is -0.0531. The van der Waals surface area contributed by atoms with E-state index in [1.807, 2.05) is 0 Å². The summed E-state index contributed by atoms with van der Waals surface area (Å²) in [6, 6.07) is -0.373. The van der Waals surface area contributed by atoms with Gasteiger partial charge in [-0.25, -0.2) is 0 Å². The van der Waals surface area contributed by atoms with E-state index < -0.39 is 0 Å². The Labute approximate surface area is 88.6 Å². The van der Waals surface area contributed by atoms with Crippen LogP contribution in [0.5, 0.6) is 0 Å². The zero-order valence-electron chi connectivity index (χ0n) is 8.42. The predicted octanol–water partition coefficient (Wildman–Crippen LogP) is 0.208. The minimum Gasteiger partial charge on any atom is -0.353 e. The Hall–Kier alpha value is -0.770. The number of carbonyl (C=O) groups is 2. The summed E-state index contributed by atoms with van der Waals surface area (Å²) in [6.45, 7) is 4.61. The van der Waals surface area contributed by atoms with Crippen LogP contribution in [0.1, 0.15) is 13.8 Å². The van der Waals surface area contributed by atoms with E-state index in [0.29, 0.717) is 19.0 Å². The van der Waals surface area contributed by atoms with Gasteiger partial charge in [0.2, 0.25) is 11.8 Å². The molecule has 0 bridgehead atoms. The SMILES string of the molecule is CC(CCl)C(=O)N1CCNC(=O)C1C. The Balaban J connectivity index is 2.66. The summed E-state index contributed by atoms with van der Waals surface area (Å²) in [4.78, 5) is 24.6. The van der Waals surface area contributed by atoms with Gasteiger partial charge < -0.3 is 10.2 Å². The molecule has 0 saturated carbocycles. The molecule has 0 radical (unpaired) electrons. The zero-order valence-corrected chi connectivity index (χ0v) is 9.17. The van der Waals surface area contributed by atoms with Crippen molar-refractivity contribution in [1.29, 1.82) is 0 Å². The fourth-order valence-electron chi connectivity index (χ4n) is 1.43. The molecule has 1 N–H and O–H groups in total. The number of alkyl halides is 1. The molecule has 5 heteroatoms. The van der Waals surface area contributed by atoms with Gasteiger partial charge in [-0.1, -0.05) is 6.92 Å². The topological polar surface area (TPSA) is 49.4 Å². The summed E-state index contributed by atoms with van der Waals surface area (Å²) in [7, 11) is 0. The zero-order chi connectivity index (χ0) is 10.7. The van der Waals surface area contributed by atoms with Crippen LogP contribution < -0.4 is 5.32 Å². The second-order valence-electron chi connectivity index (χ2n) is 3.55. The molecule has 0 aromatic rings. The van der Waals surface area contributed by atoms with Crippen LogP contribution in [0.3, 0.4) is 0 Å². The highest BCUT2D eigenvalue weighted by Crippen LogP contribution is 2.10. The molecule has 1 rings (SSSR count). The van der Waals surface area contributed by atoms with Crippen LogP contribution in [0.2, 0.25) is 0 Å². The van der Waals surface area contributed by atoms with Crippen molar-refractivity contribution >= 4 is 23.4 Å². The molecule has 1 saturated heterocycles. The Bertz CT molecular complexity index is 245. The van der Waals surface area contributed by atoms with E-state index in [9.17, 15) is 9.59 Å². The van der Waals surface area contributed by atoms with Crippen molar-refractivity contribution in [2.24, 2.45) is 5.92 Å². The van der Waals surface area contributed by atoms with Crippen molar-refractivity contribution in [1.82, 2.24) is 10.2 Å². The minimum absolute atomic E-state index is 0.0395. The van der Waals surface area contributed by atoms with Gasteiger partial charge in [0.25, 0.3) is 0 Å². The van der Waals surface area contributed by atoms with Crippen molar-refractivity contribution in [2.45, 2.75) is 19.9 Å². The largest absolute Gasteiger partial charge is 0.353 e. The molecular formula is C9H15ClN2O2. The van der Waals surface area contributed by atoms with E-state index in [0.717, 1.165) is 0 Å². The number of nitrogens with zero attached hydrogens (tertiary/aromatic N) is 1. The van der Waals surface area contributed by atoms with E-state index in [2.05, 4.69) is 5.32 Å². The molecule has 1 aliphatic rings. The van der Waals surface area contributed by atoms with Crippen LogP contribution >= 0.6 is 11.6 Å². The second-order valence-corrected chi connectivity index (χ2v) is 3.86. The number of hydrogen-bond donors (Lipinski definition) is 1. The molecule has 1 heterocycles. The van der Waals surface area contributed by atoms with Crippen LogP contribution in [0.4, 0.5) is 0 Å². The number of amides is 2. The highest BCUT2D eigenvalue weighted by atomic mass is 35.5. The van der Waals surface area contributed by atoms with Crippen molar-refractivity contribution in [3.63, 3.8) is 0 Å². The van der Waals surface area contributed by atoms with Gasteiger partial charge in [-0.3, -0.25) is 9.59 Å². The summed E-state index contributed by atoms with van der Waals surface area (Å²) in [5, 5.41) is 2.71. The Morgan fingerprint density at radius 3 is 3.00 bits per heavy atom. The first kappa shape index (κ1) is 11.3. The van der Waals surface area contributed by atoms with Crippen molar-refractivity contribution < 1.29 is 9.59 Å². The molecule has 80 valence electrons. The molecule has 0 spiro atoms. The lowest BCUT2D eigenvalue weighted by Gasteiger charge is -2.34. The molecule has 2 atom stereocenters. The third-order valence-corrected chi connectivity index (χ3v) is 2.90. The van der Waals surface area contributed by atoms with Gasteiger partial charge in [0.15, 0.2) is 0 Å². The summed E-state index contributed by atoms with van der Waals surface area (Å²) in [5.41, 5.74) is 0. The molecule has 0 aliphatic carbocycles. The average molecular weight is 219 g/mol. The van der Waals surface area contributed by atoms with Crippen LogP contribution in [0, 0.1) is 5.92 Å². The maximum Gasteiger partial charge on any atom is 0.242 e. The van der Waals surface area contributed by atoms with E-state index in [-0.39, 0.29) is 23.8 Å². The first-order valence-electron chi connectivity index (χ1n) is 4.72. The lowest BCUT2D eigenvalue weighted by Crippen LogP contribution is -2.57. The monoisotopic (exact) mass is 218 g/mol. The van der Waals surface area contributed by atoms with Crippen molar-refractivity contribution in [3.05, 3.63) is 0 Å². The number of piperazine rings is 1. The van der Waals surface area contributed by atoms with E-state index >= 15 is 0 Å². The fraction of sp³-hybridized carbons (Fsp3) is 0.778. The molecule has 1 fully saturated rings. The number of rotatable bonds is 2. The van der Waals surface area contributed by atoms with Crippen LogP contribution in [0.15, 0.2) is 0 Å². The lowest BCUT2D eigenvalue weighted by atomic mass is 10.1. The number of nitrogens with one attached hydrogen (secondary N) is 1. The Morgan fingerprint density at radius 2 is 2.43 bits per heavy atom. The van der Waals surface area contributed by atoms with Gasteiger partial charge in [-0.05, 0) is 6.92 Å². The first-order valence-corrected chi connectivity index (χ1v) is 5.25. The van der Waals surface area contributed by atoms with E-state index in [1.165, 1.54) is 0 Å². The van der Waals surface area contributed by atoms with Gasteiger partial charge in [0.05, 0.1) is 0 Å². The summed E-state index contributed by atoms with van der Waals surface area (Å²) < 4.78 is 0. The number of hydrogen-bond acceptors (Lipinski definition) is 2. The standard InChI is InChI=1S/C9H15ClN2O2/c1-6(5-10)9(14)12-4-3-11-8(13)7(12)2/h6-7H,3-5H2,1-2H3,(H,11,13). The van der Waals surface area contributed by atoms with Gasteiger partial charge in [0.1, 0.15) is 6.04 Å². The quantitative estimate of drug-likeness (QED) is 0.674. The minimum atomic E-state index is -0.373. The molecule has 14 heavy (non-hydrogen) atoms. The molecule has 2 unspecified atom stereocenters. The van der Waals surface area contributed by atoms with Crippen LogP contribution in [-0.4, -0.2) is 41.7 Å². The molecule has 1 aliphatic heterocycles. The highest BCUT2D eigenvalue weighted by Gasteiger charge is 2.31. The van der Waals surface area contributed by atoms with Gasteiger partial charge >= 0.3 is 0 Å². The predicted molar refractivity (Wildman–Crippen MR) is 54.1 cm³/mol. The molecule has 0 aromatic heterocycles. The summed E-state index contributed by atoms with van der Waals surface area (Å²) >= 11 is 5.60. The van der Waals surface area contributed by atoms with Gasteiger partial charge in [-0.15, -0.1) is 11.6 Å². The van der Waals surface area contributed by atoms with E-state index in [1.54, 1.807) is 18.7 Å². The highest BCUT2D eigenvalue weighted by molar-refractivity contribution is 6.19. The number of halogens is 1. The average Bonchev–Trinajstić information content (AvgIpc) is 2.20. The molecule has 4 nitrogen and oxygen atoms in total. The van der Waals surface area contributed by atoms with Crippen molar-refractivity contribution in [3.8, 4) is 0 Å². The lowest BCUT2D eigenvalue weighted by molar-refractivity contribution is -0.144. The van der Waals surface area contributed by atoms with Crippen molar-refractivity contribution in [2.75, 3.05) is 19.0 Å². The molecular weight excluding hydrogens is 204 g/mol. The number of carbonyl (C=O) groups excluding carboxylic acids is 2. The maximum atomic E-state index is 11.7. The third-order valence-electron chi connectivity index (χ3n) is 2.43. The molecule has 0 aromatic carbocycles. The molecule has 2 amide bonds.